The van der Waals surface area contributed by atoms with E-state index >= 15 is 0 Å². The Morgan fingerprint density at radius 2 is 1.82 bits per heavy atom. The van der Waals surface area contributed by atoms with Gasteiger partial charge in [0.2, 0.25) is 0 Å². The fraction of sp³-hybridized carbons (Fsp3) is 0.500. The van der Waals surface area contributed by atoms with Crippen LogP contribution in [0, 0.1) is 5.41 Å². The number of aliphatic hydroxyl groups is 1. The van der Waals surface area contributed by atoms with Crippen LogP contribution in [0.5, 0.6) is 5.75 Å². The molecule has 0 spiro atoms. The average molecular weight is 455 g/mol. The van der Waals surface area contributed by atoms with Gasteiger partial charge in [0, 0.05) is 32.3 Å². The molecular weight excluding hydrogens is 424 g/mol. The number of piperidine rings is 1. The fourth-order valence-electron chi connectivity index (χ4n) is 4.62. The molecule has 3 aliphatic rings. The summed E-state index contributed by atoms with van der Waals surface area (Å²) < 4.78 is 5.96. The quantitative estimate of drug-likeness (QED) is 0.714. The van der Waals surface area contributed by atoms with Crippen LogP contribution in [0.15, 0.2) is 41.2 Å². The topological polar surface area (TPSA) is 116 Å². The molecule has 0 saturated carbocycles. The number of ether oxygens (including phenoxy) is 1. The van der Waals surface area contributed by atoms with Crippen molar-refractivity contribution in [2.75, 3.05) is 39.4 Å². The fourth-order valence-corrected chi connectivity index (χ4v) is 4.62. The first-order chi connectivity index (χ1) is 16.0. The molecule has 0 atom stereocenters. The predicted octanol–water partition coefficient (Wildman–Crippen LogP) is 1.69. The Morgan fingerprint density at radius 3 is 2.55 bits per heavy atom. The van der Waals surface area contributed by atoms with Crippen molar-refractivity contribution in [2.45, 2.75) is 32.1 Å². The number of hydrogen-bond acceptors (Lipinski definition) is 6. The SMILES string of the molecule is O=C(c1ccc(=O)[nH]n1)N1CCCCC2(CO)CCN(CC2)C(=O)c2ccccc2OCC1. The standard InChI is InChI=1S/C24H30N4O5/c29-17-24-9-3-4-12-27(23(32)19-7-8-21(30)26-25-19)15-16-33-20-6-2-1-5-18(20)22(31)28(13-10-24)14-11-24/h1-2,5-8,29H,3-4,9-17H2,(H,26,30). The molecule has 1 saturated heterocycles. The zero-order valence-corrected chi connectivity index (χ0v) is 18.7. The van der Waals surface area contributed by atoms with Crippen LogP contribution in [0.25, 0.3) is 0 Å². The number of rotatable bonds is 2. The molecule has 176 valence electrons. The van der Waals surface area contributed by atoms with E-state index in [0.717, 1.165) is 32.1 Å². The van der Waals surface area contributed by atoms with E-state index in [1.165, 1.54) is 12.1 Å². The van der Waals surface area contributed by atoms with E-state index in [-0.39, 0.29) is 41.7 Å². The molecule has 1 aromatic heterocycles. The van der Waals surface area contributed by atoms with Crippen LogP contribution in [0.4, 0.5) is 0 Å². The largest absolute Gasteiger partial charge is 0.491 e. The number of hydrogen-bond donors (Lipinski definition) is 2. The van der Waals surface area contributed by atoms with E-state index in [1.807, 2.05) is 17.0 Å². The van der Waals surface area contributed by atoms with Crippen LogP contribution in [0.3, 0.4) is 0 Å². The first-order valence-electron chi connectivity index (χ1n) is 11.5. The highest BCUT2D eigenvalue weighted by Crippen LogP contribution is 2.37. The van der Waals surface area contributed by atoms with Crippen LogP contribution >= 0.6 is 0 Å². The molecule has 9 nitrogen and oxygen atoms in total. The van der Waals surface area contributed by atoms with Crippen molar-refractivity contribution in [1.29, 1.82) is 0 Å². The predicted molar refractivity (Wildman–Crippen MR) is 121 cm³/mol. The second-order valence-electron chi connectivity index (χ2n) is 8.85. The number of H-pyrrole nitrogens is 1. The molecule has 2 N–H and O–H groups in total. The zero-order valence-electron chi connectivity index (χ0n) is 18.7. The molecule has 9 heteroatoms. The van der Waals surface area contributed by atoms with Gasteiger partial charge in [0.05, 0.1) is 12.1 Å². The van der Waals surface area contributed by atoms with Crippen molar-refractivity contribution in [3.05, 3.63) is 58.0 Å². The Hall–Kier alpha value is -3.20. The number of aromatic amines is 1. The van der Waals surface area contributed by atoms with Gasteiger partial charge in [-0.05, 0) is 49.3 Å². The molecule has 5 rings (SSSR count). The van der Waals surface area contributed by atoms with Gasteiger partial charge in [0.15, 0.2) is 0 Å². The number of carbonyl (C=O) groups is 2. The second kappa shape index (κ2) is 10.2. The van der Waals surface area contributed by atoms with Crippen molar-refractivity contribution in [2.24, 2.45) is 5.41 Å². The minimum absolute atomic E-state index is 0.0719. The van der Waals surface area contributed by atoms with Gasteiger partial charge in [-0.15, -0.1) is 0 Å². The number of aliphatic hydroxyl groups excluding tert-OH is 1. The lowest BCUT2D eigenvalue weighted by Crippen LogP contribution is -2.44. The van der Waals surface area contributed by atoms with Crippen LogP contribution in [-0.2, 0) is 0 Å². The maximum absolute atomic E-state index is 13.2. The average Bonchev–Trinajstić information content (AvgIpc) is 2.86. The van der Waals surface area contributed by atoms with Crippen LogP contribution in [-0.4, -0.2) is 76.3 Å². The Balaban J connectivity index is 1.57. The first-order valence-corrected chi connectivity index (χ1v) is 11.5. The highest BCUT2D eigenvalue weighted by Gasteiger charge is 2.36. The molecule has 1 fully saturated rings. The van der Waals surface area contributed by atoms with E-state index in [2.05, 4.69) is 10.2 Å². The summed E-state index contributed by atoms with van der Waals surface area (Å²) >= 11 is 0. The third-order valence-electron chi connectivity index (χ3n) is 6.75. The van der Waals surface area contributed by atoms with E-state index in [0.29, 0.717) is 37.5 Å². The molecule has 2 amide bonds. The summed E-state index contributed by atoms with van der Waals surface area (Å²) in [4.78, 5) is 41.0. The van der Waals surface area contributed by atoms with E-state index in [9.17, 15) is 19.5 Å². The Kier molecular flexibility index (Phi) is 7.08. The smallest absolute Gasteiger partial charge is 0.274 e. The van der Waals surface area contributed by atoms with Gasteiger partial charge < -0.3 is 19.6 Å². The summed E-state index contributed by atoms with van der Waals surface area (Å²) in [6, 6.07) is 9.86. The number of carbonyl (C=O) groups excluding carboxylic acids is 2. The lowest BCUT2D eigenvalue weighted by molar-refractivity contribution is 0.0297. The molecule has 33 heavy (non-hydrogen) atoms. The van der Waals surface area contributed by atoms with Crippen molar-refractivity contribution in [3.8, 4) is 5.75 Å². The molecular formula is C24H30N4O5. The van der Waals surface area contributed by atoms with Crippen LogP contribution < -0.4 is 10.3 Å². The first kappa shape index (κ1) is 23.0. The Labute approximate surface area is 192 Å². The Bertz CT molecular complexity index is 1020. The third-order valence-corrected chi connectivity index (χ3v) is 6.75. The summed E-state index contributed by atoms with van der Waals surface area (Å²) in [5.74, 6) is 0.135. The molecule has 0 aliphatic carbocycles. The van der Waals surface area contributed by atoms with Crippen molar-refractivity contribution in [1.82, 2.24) is 20.0 Å². The molecule has 2 bridgehead atoms. The van der Waals surface area contributed by atoms with Gasteiger partial charge in [-0.2, -0.15) is 5.10 Å². The summed E-state index contributed by atoms with van der Waals surface area (Å²) in [6.45, 7) is 2.36. The summed E-state index contributed by atoms with van der Waals surface area (Å²) in [5.41, 5.74) is 0.112. The van der Waals surface area contributed by atoms with Crippen LogP contribution in [0.2, 0.25) is 0 Å². The van der Waals surface area contributed by atoms with Crippen molar-refractivity contribution < 1.29 is 19.4 Å². The van der Waals surface area contributed by atoms with Gasteiger partial charge in [-0.1, -0.05) is 18.6 Å². The zero-order chi connectivity index (χ0) is 23.3. The molecule has 0 radical (unpaired) electrons. The minimum Gasteiger partial charge on any atom is -0.491 e. The normalized spacial score (nSPS) is 19.2. The van der Waals surface area contributed by atoms with Crippen molar-refractivity contribution >= 4 is 11.8 Å². The molecule has 2 aromatic rings. The van der Waals surface area contributed by atoms with Gasteiger partial charge in [0.1, 0.15) is 18.1 Å². The maximum atomic E-state index is 13.2. The monoisotopic (exact) mass is 454 g/mol. The summed E-state index contributed by atoms with van der Waals surface area (Å²) in [6.07, 6.45) is 3.98. The van der Waals surface area contributed by atoms with Crippen LogP contribution in [0.1, 0.15) is 53.0 Å². The molecule has 0 unspecified atom stereocenters. The molecule has 1 aromatic carbocycles. The molecule has 4 heterocycles. The minimum atomic E-state index is -0.367. The van der Waals surface area contributed by atoms with E-state index in [1.54, 1.807) is 17.0 Å². The lowest BCUT2D eigenvalue weighted by atomic mass is 9.75. The van der Waals surface area contributed by atoms with Gasteiger partial charge >= 0.3 is 0 Å². The number of benzene rings is 1. The molecule has 3 aliphatic heterocycles. The van der Waals surface area contributed by atoms with Gasteiger partial charge in [0.25, 0.3) is 17.4 Å². The van der Waals surface area contributed by atoms with E-state index < -0.39 is 0 Å². The van der Waals surface area contributed by atoms with Gasteiger partial charge in [-0.25, -0.2) is 5.10 Å². The van der Waals surface area contributed by atoms with E-state index in [4.69, 9.17) is 4.74 Å². The van der Waals surface area contributed by atoms with Gasteiger partial charge in [-0.3, -0.25) is 14.4 Å². The highest BCUT2D eigenvalue weighted by molar-refractivity contribution is 5.97. The number of aromatic nitrogens is 2. The summed E-state index contributed by atoms with van der Waals surface area (Å²) in [5, 5.41) is 16.3. The maximum Gasteiger partial charge on any atom is 0.274 e. The summed E-state index contributed by atoms with van der Waals surface area (Å²) in [7, 11) is 0. The third kappa shape index (κ3) is 5.24. The number of nitrogens with zero attached hydrogens (tertiary/aromatic N) is 3. The number of nitrogens with one attached hydrogen (secondary N) is 1. The second-order valence-corrected chi connectivity index (χ2v) is 8.85. The Morgan fingerprint density at radius 1 is 1.03 bits per heavy atom. The van der Waals surface area contributed by atoms with Crippen molar-refractivity contribution in [3.63, 3.8) is 0 Å². The highest BCUT2D eigenvalue weighted by atomic mass is 16.5. The lowest BCUT2D eigenvalue weighted by Gasteiger charge is -2.41. The number of para-hydroxylation sites is 1. The number of amides is 2. The number of fused-ring (bicyclic) bond motifs is 9.